The molecule has 1 fully saturated rings. The van der Waals surface area contributed by atoms with Crippen molar-refractivity contribution in [2.75, 3.05) is 13.1 Å². The Morgan fingerprint density at radius 3 is 2.41 bits per heavy atom. The van der Waals surface area contributed by atoms with Crippen molar-refractivity contribution in [3.05, 3.63) is 71.0 Å². The minimum atomic E-state index is -0.351. The Hall–Kier alpha value is -2.69. The summed E-state index contributed by atoms with van der Waals surface area (Å²) in [6.07, 6.45) is 3.28. The maximum absolute atomic E-state index is 13.0. The number of hydrogen-bond acceptors (Lipinski definition) is 2. The summed E-state index contributed by atoms with van der Waals surface area (Å²) in [5.74, 6) is -0.422. The SMILES string of the molecule is O=C(N[C@@H]1CCc2ccccc21)C1CCN(C(=O)c2ccc(F)cc2)CC1. The Balaban J connectivity index is 1.32. The second-order valence-electron chi connectivity index (χ2n) is 7.37. The molecule has 2 aliphatic rings. The van der Waals surface area contributed by atoms with Gasteiger partial charge in [-0.3, -0.25) is 9.59 Å². The molecule has 4 nitrogen and oxygen atoms in total. The first-order valence-corrected chi connectivity index (χ1v) is 9.55. The molecule has 4 rings (SSSR count). The maximum atomic E-state index is 13.0. The molecule has 0 bridgehead atoms. The lowest BCUT2D eigenvalue weighted by molar-refractivity contribution is -0.127. The number of aryl methyl sites for hydroxylation is 1. The number of nitrogens with zero attached hydrogens (tertiary/aromatic N) is 1. The zero-order chi connectivity index (χ0) is 18.8. The summed E-state index contributed by atoms with van der Waals surface area (Å²) >= 11 is 0. The van der Waals surface area contributed by atoms with Crippen LogP contribution in [0.4, 0.5) is 4.39 Å². The number of nitrogens with one attached hydrogen (secondary N) is 1. The molecule has 2 aromatic rings. The van der Waals surface area contributed by atoms with Gasteiger partial charge in [0.05, 0.1) is 6.04 Å². The van der Waals surface area contributed by atoms with E-state index in [0.717, 1.165) is 12.8 Å². The number of rotatable bonds is 3. The second kappa shape index (κ2) is 7.51. The fraction of sp³-hybridized carbons (Fsp3) is 0.364. The number of benzene rings is 2. The summed E-state index contributed by atoms with van der Waals surface area (Å²) in [5.41, 5.74) is 3.04. The largest absolute Gasteiger partial charge is 0.349 e. The minimum Gasteiger partial charge on any atom is -0.349 e. The standard InChI is InChI=1S/C22H23FN2O2/c23-18-8-5-17(6-9-18)22(27)25-13-11-16(12-14-25)21(26)24-20-10-7-15-3-1-2-4-19(15)20/h1-6,8-9,16,20H,7,10-14H2,(H,24,26)/t20-/m1/s1. The molecule has 5 heteroatoms. The third kappa shape index (κ3) is 3.72. The smallest absolute Gasteiger partial charge is 0.253 e. The Labute approximate surface area is 158 Å². The third-order valence-corrected chi connectivity index (χ3v) is 5.69. The minimum absolute atomic E-state index is 0.0602. The zero-order valence-electron chi connectivity index (χ0n) is 15.2. The molecule has 1 heterocycles. The summed E-state index contributed by atoms with van der Waals surface area (Å²) < 4.78 is 13.0. The predicted molar refractivity (Wildman–Crippen MR) is 101 cm³/mol. The van der Waals surface area contributed by atoms with Crippen molar-refractivity contribution in [3.63, 3.8) is 0 Å². The number of amides is 2. The summed E-state index contributed by atoms with van der Waals surface area (Å²) in [5, 5.41) is 3.20. The zero-order valence-corrected chi connectivity index (χ0v) is 15.2. The average Bonchev–Trinajstić information content (AvgIpc) is 3.11. The van der Waals surface area contributed by atoms with E-state index in [0.29, 0.717) is 31.5 Å². The number of carbonyl (C=O) groups is 2. The predicted octanol–water partition coefficient (Wildman–Crippen LogP) is 3.48. The van der Waals surface area contributed by atoms with Gasteiger partial charge in [-0.2, -0.15) is 0 Å². The molecule has 1 N–H and O–H groups in total. The monoisotopic (exact) mass is 366 g/mol. The highest BCUT2D eigenvalue weighted by Gasteiger charge is 2.30. The Morgan fingerprint density at radius 1 is 0.963 bits per heavy atom. The summed E-state index contributed by atoms with van der Waals surface area (Å²) in [4.78, 5) is 26.9. The van der Waals surface area contributed by atoms with Gasteiger partial charge in [0.25, 0.3) is 5.91 Å². The van der Waals surface area contributed by atoms with Crippen LogP contribution in [-0.4, -0.2) is 29.8 Å². The Kier molecular flexibility index (Phi) is 4.92. The van der Waals surface area contributed by atoms with E-state index in [1.807, 2.05) is 12.1 Å². The van der Waals surface area contributed by atoms with Gasteiger partial charge in [0.2, 0.25) is 5.91 Å². The molecular weight excluding hydrogens is 343 g/mol. The molecule has 0 spiro atoms. The van der Waals surface area contributed by atoms with Crippen molar-refractivity contribution < 1.29 is 14.0 Å². The lowest BCUT2D eigenvalue weighted by Gasteiger charge is -2.32. The highest BCUT2D eigenvalue weighted by atomic mass is 19.1. The van der Waals surface area contributed by atoms with Gasteiger partial charge in [0.1, 0.15) is 5.82 Å². The van der Waals surface area contributed by atoms with E-state index >= 15 is 0 Å². The van der Waals surface area contributed by atoms with E-state index in [1.165, 1.54) is 35.4 Å². The molecule has 27 heavy (non-hydrogen) atoms. The van der Waals surface area contributed by atoms with Gasteiger partial charge in [-0.15, -0.1) is 0 Å². The van der Waals surface area contributed by atoms with Gasteiger partial charge < -0.3 is 10.2 Å². The van der Waals surface area contributed by atoms with E-state index in [2.05, 4.69) is 17.4 Å². The molecule has 2 amide bonds. The molecule has 1 aliphatic heterocycles. The van der Waals surface area contributed by atoms with Crippen LogP contribution in [0.1, 0.15) is 46.8 Å². The van der Waals surface area contributed by atoms with Gasteiger partial charge in [-0.05, 0) is 61.1 Å². The number of halogens is 1. The quantitative estimate of drug-likeness (QED) is 0.904. The first-order chi connectivity index (χ1) is 13.1. The second-order valence-corrected chi connectivity index (χ2v) is 7.37. The van der Waals surface area contributed by atoms with Crippen molar-refractivity contribution in [3.8, 4) is 0 Å². The van der Waals surface area contributed by atoms with Gasteiger partial charge in [-0.1, -0.05) is 24.3 Å². The lowest BCUT2D eigenvalue weighted by Crippen LogP contribution is -2.43. The summed E-state index contributed by atoms with van der Waals surface area (Å²) in [6.45, 7) is 1.10. The first-order valence-electron chi connectivity index (χ1n) is 9.55. The third-order valence-electron chi connectivity index (χ3n) is 5.69. The molecule has 0 aromatic heterocycles. The maximum Gasteiger partial charge on any atom is 0.253 e. The molecule has 1 aliphatic carbocycles. The Bertz CT molecular complexity index is 842. The highest BCUT2D eigenvalue weighted by molar-refractivity contribution is 5.94. The molecule has 1 saturated heterocycles. The summed E-state index contributed by atoms with van der Waals surface area (Å²) in [6, 6.07) is 14.0. The van der Waals surface area contributed by atoms with E-state index in [-0.39, 0.29) is 29.6 Å². The lowest BCUT2D eigenvalue weighted by atomic mass is 9.94. The van der Waals surface area contributed by atoms with Crippen LogP contribution in [0.25, 0.3) is 0 Å². The van der Waals surface area contributed by atoms with Crippen molar-refractivity contribution >= 4 is 11.8 Å². The van der Waals surface area contributed by atoms with Crippen LogP contribution >= 0.6 is 0 Å². The van der Waals surface area contributed by atoms with Crippen LogP contribution in [-0.2, 0) is 11.2 Å². The van der Waals surface area contributed by atoms with Crippen LogP contribution < -0.4 is 5.32 Å². The highest BCUT2D eigenvalue weighted by Crippen LogP contribution is 2.31. The van der Waals surface area contributed by atoms with Crippen molar-refractivity contribution in [1.29, 1.82) is 0 Å². The number of fused-ring (bicyclic) bond motifs is 1. The molecule has 0 unspecified atom stereocenters. The van der Waals surface area contributed by atoms with E-state index in [4.69, 9.17) is 0 Å². The van der Waals surface area contributed by atoms with Crippen LogP contribution in [0.15, 0.2) is 48.5 Å². The van der Waals surface area contributed by atoms with E-state index in [9.17, 15) is 14.0 Å². The van der Waals surface area contributed by atoms with Gasteiger partial charge in [0, 0.05) is 24.6 Å². The average molecular weight is 366 g/mol. The molecule has 0 radical (unpaired) electrons. The Morgan fingerprint density at radius 2 is 1.67 bits per heavy atom. The van der Waals surface area contributed by atoms with Gasteiger partial charge >= 0.3 is 0 Å². The number of carbonyl (C=O) groups excluding carboxylic acids is 2. The number of likely N-dealkylation sites (tertiary alicyclic amines) is 1. The fourth-order valence-corrected chi connectivity index (χ4v) is 4.12. The molecule has 2 aromatic carbocycles. The first kappa shape index (κ1) is 17.7. The van der Waals surface area contributed by atoms with E-state index < -0.39 is 0 Å². The summed E-state index contributed by atoms with van der Waals surface area (Å²) in [7, 11) is 0. The normalized spacial score (nSPS) is 19.6. The molecule has 0 saturated carbocycles. The van der Waals surface area contributed by atoms with Gasteiger partial charge in [0.15, 0.2) is 0 Å². The van der Waals surface area contributed by atoms with Crippen LogP contribution in [0, 0.1) is 11.7 Å². The molecule has 1 atom stereocenters. The van der Waals surface area contributed by atoms with Gasteiger partial charge in [-0.25, -0.2) is 4.39 Å². The number of piperidine rings is 1. The van der Waals surface area contributed by atoms with Crippen molar-refractivity contribution in [1.82, 2.24) is 10.2 Å². The molecule has 140 valence electrons. The van der Waals surface area contributed by atoms with E-state index in [1.54, 1.807) is 4.90 Å². The van der Waals surface area contributed by atoms with Crippen molar-refractivity contribution in [2.24, 2.45) is 5.92 Å². The topological polar surface area (TPSA) is 49.4 Å². The van der Waals surface area contributed by atoms with Crippen LogP contribution in [0.5, 0.6) is 0 Å². The number of hydrogen-bond donors (Lipinski definition) is 1. The van der Waals surface area contributed by atoms with Crippen LogP contribution in [0.3, 0.4) is 0 Å². The van der Waals surface area contributed by atoms with Crippen LogP contribution in [0.2, 0.25) is 0 Å². The fourth-order valence-electron chi connectivity index (χ4n) is 4.12. The van der Waals surface area contributed by atoms with Crippen molar-refractivity contribution in [2.45, 2.75) is 31.7 Å². The molecular formula is C22H23FN2O2.